The van der Waals surface area contributed by atoms with Crippen molar-refractivity contribution in [1.29, 1.82) is 0 Å². The van der Waals surface area contributed by atoms with Crippen molar-refractivity contribution in [1.82, 2.24) is 5.32 Å². The highest BCUT2D eigenvalue weighted by molar-refractivity contribution is 7.92. The van der Waals surface area contributed by atoms with Gasteiger partial charge in [0.25, 0.3) is 10.0 Å². The van der Waals surface area contributed by atoms with Gasteiger partial charge in [0.05, 0.1) is 17.2 Å². The van der Waals surface area contributed by atoms with Gasteiger partial charge in [0.2, 0.25) is 0 Å². The highest BCUT2D eigenvalue weighted by Gasteiger charge is 2.45. The van der Waals surface area contributed by atoms with Gasteiger partial charge < -0.3 is 15.2 Å². The molecule has 7 nitrogen and oxygen atoms in total. The number of halogens is 1. The topological polar surface area (TPSA) is 105 Å². The Morgan fingerprint density at radius 2 is 2.13 bits per heavy atom. The second-order valence-electron chi connectivity index (χ2n) is 7.62. The first kappa shape index (κ1) is 21.3. The number of likely N-dealkylation sites (N-methyl/N-ethyl adjacent to an activating group) is 1. The number of rotatable bonds is 8. The normalized spacial score (nSPS) is 19.4. The maximum atomic E-state index is 13.8. The molecule has 1 fully saturated rings. The summed E-state index contributed by atoms with van der Waals surface area (Å²) in [5, 5.41) is 12.8. The first-order chi connectivity index (χ1) is 14.8. The van der Waals surface area contributed by atoms with E-state index in [4.69, 9.17) is 4.74 Å². The number of benzene rings is 2. The summed E-state index contributed by atoms with van der Waals surface area (Å²) in [5.74, 6) is -0.977. The molecule has 1 aliphatic heterocycles. The molecule has 2 atom stereocenters. The molecular formula is C22H23FN2O5S. The second-order valence-corrected chi connectivity index (χ2v) is 9.27. The molecule has 164 valence electrons. The van der Waals surface area contributed by atoms with E-state index in [0.29, 0.717) is 19.1 Å². The van der Waals surface area contributed by atoms with Gasteiger partial charge in [-0.1, -0.05) is 25.1 Å². The molecule has 2 aromatic carbocycles. The fourth-order valence-corrected chi connectivity index (χ4v) is 5.11. The minimum atomic E-state index is -4.20. The largest absolute Gasteiger partial charge is 0.492 e. The number of hydrogen-bond acceptors (Lipinski definition) is 5. The molecule has 0 unspecified atom stereocenters. The van der Waals surface area contributed by atoms with E-state index in [2.05, 4.69) is 10.0 Å². The molecule has 9 heteroatoms. The number of carboxylic acid groups (broad SMARTS) is 1. The van der Waals surface area contributed by atoms with Crippen LogP contribution in [0.2, 0.25) is 0 Å². The predicted molar refractivity (Wildman–Crippen MR) is 115 cm³/mol. The number of nitrogens with one attached hydrogen (secondary N) is 2. The Morgan fingerprint density at radius 3 is 2.87 bits per heavy atom. The molecule has 0 spiro atoms. The van der Waals surface area contributed by atoms with E-state index in [-0.39, 0.29) is 33.4 Å². The van der Waals surface area contributed by atoms with Crippen molar-refractivity contribution in [3.8, 4) is 5.75 Å². The molecule has 3 N–H and O–H groups in total. The van der Waals surface area contributed by atoms with Gasteiger partial charge in [-0.05, 0) is 54.3 Å². The summed E-state index contributed by atoms with van der Waals surface area (Å²) >= 11 is 0. The van der Waals surface area contributed by atoms with Crippen LogP contribution in [0.1, 0.15) is 40.7 Å². The number of ether oxygens (including phenoxy) is 1. The van der Waals surface area contributed by atoms with Crippen molar-refractivity contribution in [2.75, 3.05) is 24.4 Å². The smallest absolute Gasteiger partial charge is 0.341 e. The van der Waals surface area contributed by atoms with Crippen LogP contribution in [0.5, 0.6) is 5.75 Å². The zero-order valence-corrected chi connectivity index (χ0v) is 17.7. The summed E-state index contributed by atoms with van der Waals surface area (Å²) in [6.07, 6.45) is 4.15. The standard InChI is InChI=1S/C22H23FN2O5S/c1-2-24-9-3-4-13-10-15(23)5-8-19(13)31(28,29)25-18-7-6-16-17-11-14(17)12-30-21(16)20(18)22(26)27/h3-8,10,14,17,24-25H,2,9,11-12H2,1H3,(H,26,27)/b4-3-/t14-,17-/m0/s1. The molecule has 2 aromatic rings. The lowest BCUT2D eigenvalue weighted by atomic mass is 10.0. The van der Waals surface area contributed by atoms with Gasteiger partial charge in [0, 0.05) is 12.5 Å². The van der Waals surface area contributed by atoms with Crippen LogP contribution in [0.3, 0.4) is 0 Å². The highest BCUT2D eigenvalue weighted by Crippen LogP contribution is 2.55. The fourth-order valence-electron chi connectivity index (χ4n) is 3.85. The van der Waals surface area contributed by atoms with E-state index >= 15 is 0 Å². The number of carboxylic acids is 1. The molecule has 31 heavy (non-hydrogen) atoms. The van der Waals surface area contributed by atoms with Crippen molar-refractivity contribution in [3.05, 3.63) is 58.9 Å². The molecule has 0 amide bonds. The molecule has 0 radical (unpaired) electrons. The number of fused-ring (bicyclic) bond motifs is 3. The maximum absolute atomic E-state index is 13.8. The van der Waals surface area contributed by atoms with Gasteiger partial charge in [-0.15, -0.1) is 0 Å². The number of hydrogen-bond donors (Lipinski definition) is 3. The first-order valence-electron chi connectivity index (χ1n) is 10.0. The lowest BCUT2D eigenvalue weighted by molar-refractivity contribution is 0.0692. The van der Waals surface area contributed by atoms with Gasteiger partial charge in [-0.3, -0.25) is 4.72 Å². The number of sulfonamides is 1. The molecule has 1 heterocycles. The minimum absolute atomic E-state index is 0.0859. The molecule has 0 saturated heterocycles. The Kier molecular flexibility index (Phi) is 5.72. The summed E-state index contributed by atoms with van der Waals surface area (Å²) in [7, 11) is -4.20. The van der Waals surface area contributed by atoms with Crippen LogP contribution in [0.15, 0.2) is 41.3 Å². The zero-order chi connectivity index (χ0) is 22.2. The monoisotopic (exact) mass is 446 g/mol. The number of carbonyl (C=O) groups is 1. The molecule has 1 saturated carbocycles. The Hall–Kier alpha value is -2.91. The summed E-state index contributed by atoms with van der Waals surface area (Å²) in [6.45, 7) is 3.59. The SMILES string of the molecule is CCNC/C=C\c1cc(F)ccc1S(=O)(=O)Nc1ccc2c(c1C(=O)O)OC[C@@H]1C[C@H]21. The highest BCUT2D eigenvalue weighted by atomic mass is 32.2. The first-order valence-corrected chi connectivity index (χ1v) is 11.5. The van der Waals surface area contributed by atoms with Crippen molar-refractivity contribution in [2.45, 2.75) is 24.2 Å². The Balaban J connectivity index is 1.70. The van der Waals surface area contributed by atoms with Crippen LogP contribution in [0.4, 0.5) is 10.1 Å². The van der Waals surface area contributed by atoms with Crippen LogP contribution in [-0.4, -0.2) is 39.2 Å². The van der Waals surface area contributed by atoms with E-state index < -0.39 is 21.8 Å². The third kappa shape index (κ3) is 4.28. The average molecular weight is 447 g/mol. The van der Waals surface area contributed by atoms with Crippen LogP contribution >= 0.6 is 0 Å². The van der Waals surface area contributed by atoms with Crippen molar-refractivity contribution in [2.24, 2.45) is 5.92 Å². The average Bonchev–Trinajstić information content (AvgIpc) is 3.50. The Bertz CT molecular complexity index is 1160. The molecule has 2 aliphatic rings. The van der Waals surface area contributed by atoms with E-state index in [1.54, 1.807) is 12.1 Å². The van der Waals surface area contributed by atoms with Crippen molar-refractivity contribution < 1.29 is 27.4 Å². The minimum Gasteiger partial charge on any atom is -0.492 e. The van der Waals surface area contributed by atoms with Crippen molar-refractivity contribution >= 4 is 27.8 Å². The zero-order valence-electron chi connectivity index (χ0n) is 16.9. The van der Waals surface area contributed by atoms with Crippen LogP contribution in [0, 0.1) is 11.7 Å². The van der Waals surface area contributed by atoms with E-state index in [1.165, 1.54) is 12.1 Å². The van der Waals surface area contributed by atoms with Crippen LogP contribution < -0.4 is 14.8 Å². The number of anilines is 1. The van der Waals surface area contributed by atoms with Gasteiger partial charge in [-0.25, -0.2) is 17.6 Å². The van der Waals surface area contributed by atoms with Crippen LogP contribution in [0.25, 0.3) is 6.08 Å². The van der Waals surface area contributed by atoms with Gasteiger partial charge in [0.1, 0.15) is 17.1 Å². The quantitative estimate of drug-likeness (QED) is 0.537. The third-order valence-electron chi connectivity index (χ3n) is 5.48. The summed E-state index contributed by atoms with van der Waals surface area (Å²) in [5.41, 5.74) is 0.665. The van der Waals surface area contributed by atoms with E-state index in [9.17, 15) is 22.7 Å². The van der Waals surface area contributed by atoms with Gasteiger partial charge in [0.15, 0.2) is 0 Å². The van der Waals surface area contributed by atoms with Crippen LogP contribution in [-0.2, 0) is 10.0 Å². The summed E-state index contributed by atoms with van der Waals surface area (Å²) in [4.78, 5) is 11.8. The predicted octanol–water partition coefficient (Wildman–Crippen LogP) is 3.44. The van der Waals surface area contributed by atoms with E-state index in [1.807, 2.05) is 6.92 Å². The van der Waals surface area contributed by atoms with Gasteiger partial charge >= 0.3 is 5.97 Å². The number of aromatic carboxylic acids is 1. The molecule has 1 aliphatic carbocycles. The summed E-state index contributed by atoms with van der Waals surface area (Å²) < 4.78 is 48.0. The lowest BCUT2D eigenvalue weighted by Crippen LogP contribution is -2.19. The Labute approximate surface area is 180 Å². The molecule has 4 rings (SSSR count). The molecule has 0 aromatic heterocycles. The maximum Gasteiger partial charge on any atom is 0.341 e. The molecule has 0 bridgehead atoms. The van der Waals surface area contributed by atoms with Crippen molar-refractivity contribution in [3.63, 3.8) is 0 Å². The fraction of sp³-hybridized carbons (Fsp3) is 0.318. The van der Waals surface area contributed by atoms with Gasteiger partial charge in [-0.2, -0.15) is 0 Å². The second kappa shape index (κ2) is 8.32. The lowest BCUT2D eigenvalue weighted by Gasteiger charge is -2.21. The Morgan fingerprint density at radius 1 is 1.32 bits per heavy atom. The molecular weight excluding hydrogens is 423 g/mol. The third-order valence-corrected chi connectivity index (χ3v) is 6.92. The summed E-state index contributed by atoms with van der Waals surface area (Å²) in [6, 6.07) is 6.50. The van der Waals surface area contributed by atoms with E-state index in [0.717, 1.165) is 36.7 Å².